The fourth-order valence-corrected chi connectivity index (χ4v) is 4.00. The molecule has 1 unspecified atom stereocenters. The molecule has 132 valence electrons. The number of hydrogen-bond donors (Lipinski definition) is 2. The zero-order chi connectivity index (χ0) is 16.6. The smallest absolute Gasteiger partial charge is 0.329 e. The van der Waals surface area contributed by atoms with Gasteiger partial charge in [0.1, 0.15) is 12.6 Å². The summed E-state index contributed by atoms with van der Waals surface area (Å²) in [6.45, 7) is 0.619. The van der Waals surface area contributed by atoms with Gasteiger partial charge in [0.05, 0.1) is 21.1 Å². The third-order valence-electron chi connectivity index (χ3n) is 4.40. The van der Waals surface area contributed by atoms with Gasteiger partial charge in [-0.3, -0.25) is 4.52 Å². The van der Waals surface area contributed by atoms with E-state index < -0.39 is 7.82 Å². The molecular formula is C16H35NO4P+. The van der Waals surface area contributed by atoms with Gasteiger partial charge in [0.25, 0.3) is 0 Å². The molecule has 1 aliphatic carbocycles. The van der Waals surface area contributed by atoms with Crippen molar-refractivity contribution >= 4 is 7.82 Å². The highest BCUT2D eigenvalue weighted by Gasteiger charge is 2.26. The molecule has 2 N–H and O–H groups in total. The first-order valence-electron chi connectivity index (χ1n) is 8.70. The minimum atomic E-state index is -4.40. The SMILES string of the molecule is C[N+](C)(C)CC(CCCCCC1CCCCC1)OP(=O)(O)O. The minimum absolute atomic E-state index is 0.365. The van der Waals surface area contributed by atoms with Crippen LogP contribution in [0.1, 0.15) is 64.2 Å². The molecule has 0 bridgehead atoms. The number of quaternary nitrogens is 1. The summed E-state index contributed by atoms with van der Waals surface area (Å²) in [5.74, 6) is 0.919. The summed E-state index contributed by atoms with van der Waals surface area (Å²) in [6.07, 6.45) is 12.0. The van der Waals surface area contributed by atoms with Crippen molar-refractivity contribution in [3.8, 4) is 0 Å². The Labute approximate surface area is 135 Å². The first kappa shape index (κ1) is 20.1. The van der Waals surface area contributed by atoms with Crippen molar-refractivity contribution in [2.24, 2.45) is 5.92 Å². The van der Waals surface area contributed by atoms with Gasteiger partial charge in [0, 0.05) is 0 Å². The molecule has 0 radical (unpaired) electrons. The van der Waals surface area contributed by atoms with Crippen molar-refractivity contribution in [3.63, 3.8) is 0 Å². The molecule has 1 saturated carbocycles. The average Bonchev–Trinajstić information content (AvgIpc) is 2.35. The lowest BCUT2D eigenvalue weighted by atomic mass is 9.85. The van der Waals surface area contributed by atoms with E-state index in [0.717, 1.165) is 25.2 Å². The Bertz CT molecular complexity index is 345. The lowest BCUT2D eigenvalue weighted by Gasteiger charge is -2.29. The Hall–Kier alpha value is 0.0700. The highest BCUT2D eigenvalue weighted by Crippen LogP contribution is 2.39. The number of nitrogens with zero attached hydrogens (tertiary/aromatic N) is 1. The summed E-state index contributed by atoms with van der Waals surface area (Å²) >= 11 is 0. The van der Waals surface area contributed by atoms with Crippen LogP contribution in [-0.2, 0) is 9.09 Å². The molecule has 1 fully saturated rings. The Morgan fingerprint density at radius 1 is 1.09 bits per heavy atom. The van der Waals surface area contributed by atoms with E-state index in [4.69, 9.17) is 14.3 Å². The van der Waals surface area contributed by atoms with E-state index in [1.807, 2.05) is 21.1 Å². The summed E-state index contributed by atoms with van der Waals surface area (Å²) in [6, 6.07) is 0. The summed E-state index contributed by atoms with van der Waals surface area (Å²) in [4.78, 5) is 18.1. The number of phosphoric ester groups is 1. The maximum atomic E-state index is 11.1. The van der Waals surface area contributed by atoms with E-state index in [2.05, 4.69) is 0 Å². The van der Waals surface area contributed by atoms with Crippen LogP contribution in [-0.4, -0.2) is 48.1 Å². The maximum Gasteiger partial charge on any atom is 0.470 e. The van der Waals surface area contributed by atoms with Crippen molar-refractivity contribution in [3.05, 3.63) is 0 Å². The summed E-state index contributed by atoms with van der Waals surface area (Å²) in [7, 11) is 1.64. The van der Waals surface area contributed by atoms with Gasteiger partial charge < -0.3 is 14.3 Å². The normalized spacial score (nSPS) is 19.3. The summed E-state index contributed by atoms with van der Waals surface area (Å²) < 4.78 is 16.7. The minimum Gasteiger partial charge on any atom is -0.329 e. The van der Waals surface area contributed by atoms with Gasteiger partial charge >= 0.3 is 7.82 Å². The van der Waals surface area contributed by atoms with Crippen molar-refractivity contribution in [2.75, 3.05) is 27.7 Å². The fourth-order valence-electron chi connectivity index (χ4n) is 3.44. The molecule has 1 atom stereocenters. The predicted molar refractivity (Wildman–Crippen MR) is 89.5 cm³/mol. The summed E-state index contributed by atoms with van der Waals surface area (Å²) in [5.41, 5.74) is 0. The Morgan fingerprint density at radius 3 is 2.27 bits per heavy atom. The van der Waals surface area contributed by atoms with Crippen LogP contribution in [0.3, 0.4) is 0 Å². The Balaban J connectivity index is 2.22. The average molecular weight is 336 g/mol. The number of phosphoric acid groups is 1. The van der Waals surface area contributed by atoms with Crippen LogP contribution in [0.5, 0.6) is 0 Å². The molecule has 1 aliphatic rings. The molecule has 0 spiro atoms. The second-order valence-electron chi connectivity index (χ2n) is 7.83. The molecule has 5 nitrogen and oxygen atoms in total. The molecule has 1 rings (SSSR count). The highest BCUT2D eigenvalue weighted by molar-refractivity contribution is 7.46. The molecule has 0 heterocycles. The zero-order valence-electron chi connectivity index (χ0n) is 14.5. The van der Waals surface area contributed by atoms with Crippen LogP contribution in [0.25, 0.3) is 0 Å². The van der Waals surface area contributed by atoms with Crippen LogP contribution in [0.15, 0.2) is 0 Å². The van der Waals surface area contributed by atoms with Gasteiger partial charge in [-0.2, -0.15) is 0 Å². The van der Waals surface area contributed by atoms with Crippen LogP contribution in [0.4, 0.5) is 0 Å². The molecular weight excluding hydrogens is 301 g/mol. The number of likely N-dealkylation sites (N-methyl/N-ethyl adjacent to an activating group) is 1. The number of hydrogen-bond acceptors (Lipinski definition) is 2. The zero-order valence-corrected chi connectivity index (χ0v) is 15.4. The van der Waals surface area contributed by atoms with Gasteiger partial charge in [-0.25, -0.2) is 4.57 Å². The molecule has 6 heteroatoms. The van der Waals surface area contributed by atoms with Gasteiger partial charge in [-0.05, 0) is 12.3 Å². The van der Waals surface area contributed by atoms with E-state index in [0.29, 0.717) is 11.0 Å². The van der Waals surface area contributed by atoms with Gasteiger partial charge in [0.2, 0.25) is 0 Å². The van der Waals surface area contributed by atoms with E-state index in [9.17, 15) is 4.57 Å². The van der Waals surface area contributed by atoms with E-state index in [-0.39, 0.29) is 6.10 Å². The monoisotopic (exact) mass is 336 g/mol. The first-order chi connectivity index (χ1) is 10.2. The standard InChI is InChI=1S/C16H34NO4P/c1-17(2,3)14-16(21-22(18,19)20)13-9-5-8-12-15-10-6-4-7-11-15/h15-16H,4-14H2,1-3H3,(H-,18,19,20)/p+1. The largest absolute Gasteiger partial charge is 0.470 e. The topological polar surface area (TPSA) is 66.8 Å². The number of unbranched alkanes of at least 4 members (excludes halogenated alkanes) is 2. The third-order valence-corrected chi connectivity index (χ3v) is 4.97. The van der Waals surface area contributed by atoms with Crippen LogP contribution in [0.2, 0.25) is 0 Å². The molecule has 22 heavy (non-hydrogen) atoms. The fraction of sp³-hybridized carbons (Fsp3) is 1.00. The second-order valence-corrected chi connectivity index (χ2v) is 9.02. The van der Waals surface area contributed by atoms with Crippen LogP contribution >= 0.6 is 7.82 Å². The van der Waals surface area contributed by atoms with E-state index in [1.165, 1.54) is 44.9 Å². The Kier molecular flexibility index (Phi) is 8.58. The van der Waals surface area contributed by atoms with Crippen LogP contribution in [0, 0.1) is 5.92 Å². The van der Waals surface area contributed by atoms with Crippen molar-refractivity contribution in [1.82, 2.24) is 0 Å². The van der Waals surface area contributed by atoms with Gasteiger partial charge in [0.15, 0.2) is 0 Å². The van der Waals surface area contributed by atoms with Crippen molar-refractivity contribution in [1.29, 1.82) is 0 Å². The van der Waals surface area contributed by atoms with Gasteiger partial charge in [-0.15, -0.1) is 0 Å². The van der Waals surface area contributed by atoms with Crippen molar-refractivity contribution in [2.45, 2.75) is 70.3 Å². The van der Waals surface area contributed by atoms with Gasteiger partial charge in [-0.1, -0.05) is 57.8 Å². The molecule has 0 aromatic heterocycles. The quantitative estimate of drug-likeness (QED) is 0.363. The third kappa shape index (κ3) is 10.7. The lowest BCUT2D eigenvalue weighted by molar-refractivity contribution is -0.873. The van der Waals surface area contributed by atoms with E-state index in [1.54, 1.807) is 0 Å². The molecule has 0 aliphatic heterocycles. The Morgan fingerprint density at radius 2 is 1.73 bits per heavy atom. The lowest BCUT2D eigenvalue weighted by Crippen LogP contribution is -2.42. The van der Waals surface area contributed by atoms with Crippen molar-refractivity contribution < 1.29 is 23.4 Å². The maximum absolute atomic E-state index is 11.1. The summed E-state index contributed by atoms with van der Waals surface area (Å²) in [5, 5.41) is 0. The predicted octanol–water partition coefficient (Wildman–Crippen LogP) is 3.70. The molecule has 0 aromatic rings. The highest BCUT2D eigenvalue weighted by atomic mass is 31.2. The molecule has 0 amide bonds. The number of rotatable bonds is 10. The second kappa shape index (κ2) is 9.39. The van der Waals surface area contributed by atoms with E-state index >= 15 is 0 Å². The molecule has 0 saturated heterocycles. The first-order valence-corrected chi connectivity index (χ1v) is 10.2. The van der Waals surface area contributed by atoms with Crippen LogP contribution < -0.4 is 0 Å². The molecule has 0 aromatic carbocycles.